The molecule has 3 aromatic rings. The molecule has 2 aliphatic carbocycles. The molecule has 2 aromatic carbocycles. The van der Waals surface area contributed by atoms with Crippen LogP contribution >= 0.6 is 0 Å². The Kier molecular flexibility index (Phi) is 6.26. The van der Waals surface area contributed by atoms with Gasteiger partial charge >= 0.3 is 6.18 Å². The maximum Gasteiger partial charge on any atom is 0.416 e. The zero-order valence-electron chi connectivity index (χ0n) is 22.9. The smallest absolute Gasteiger partial charge is 0.381 e. The maximum absolute atomic E-state index is 14.3. The fourth-order valence-electron chi connectivity index (χ4n) is 7.30. The van der Waals surface area contributed by atoms with Gasteiger partial charge in [0, 0.05) is 43.9 Å². The molecule has 1 N–H and O–H groups in total. The van der Waals surface area contributed by atoms with Crippen LogP contribution in [0.5, 0.6) is 0 Å². The van der Waals surface area contributed by atoms with Gasteiger partial charge in [-0.05, 0) is 66.6 Å². The molecule has 1 saturated heterocycles. The van der Waals surface area contributed by atoms with Crippen LogP contribution in [-0.2, 0) is 41.2 Å². The summed E-state index contributed by atoms with van der Waals surface area (Å²) < 4.78 is 56.0. The quantitative estimate of drug-likeness (QED) is 0.457. The van der Waals surface area contributed by atoms with Crippen molar-refractivity contribution in [3.8, 4) is 0 Å². The number of aromatic nitrogens is 3. The molecule has 2 unspecified atom stereocenters. The van der Waals surface area contributed by atoms with E-state index in [0.717, 1.165) is 24.2 Å². The second-order valence-corrected chi connectivity index (χ2v) is 11.9. The number of carbonyl (C=O) groups excluding carboxylic acids is 1. The lowest BCUT2D eigenvalue weighted by atomic mass is 9.62. The van der Waals surface area contributed by atoms with Gasteiger partial charge in [0.15, 0.2) is 0 Å². The number of nitrogens with zero attached hydrogens (tertiary/aromatic N) is 4. The molecule has 3 heterocycles. The van der Waals surface area contributed by atoms with Crippen molar-refractivity contribution in [2.45, 2.75) is 68.6 Å². The van der Waals surface area contributed by atoms with Crippen molar-refractivity contribution in [2.75, 3.05) is 18.6 Å². The Hall–Kier alpha value is -3.28. The minimum Gasteiger partial charge on any atom is -0.381 e. The Morgan fingerprint density at radius 1 is 1.20 bits per heavy atom. The first-order chi connectivity index (χ1) is 19.7. The van der Waals surface area contributed by atoms with Gasteiger partial charge in [0.05, 0.1) is 36.3 Å². The van der Waals surface area contributed by atoms with Crippen LogP contribution in [0.1, 0.15) is 64.1 Å². The van der Waals surface area contributed by atoms with E-state index in [-0.39, 0.29) is 42.5 Å². The molecule has 2 saturated carbocycles. The lowest BCUT2D eigenvalue weighted by molar-refractivity contribution is -0.138. The van der Waals surface area contributed by atoms with Crippen molar-refractivity contribution in [1.82, 2.24) is 20.1 Å². The van der Waals surface area contributed by atoms with Crippen LogP contribution in [0.3, 0.4) is 0 Å². The van der Waals surface area contributed by atoms with E-state index in [1.807, 2.05) is 29.8 Å². The van der Waals surface area contributed by atoms with E-state index in [4.69, 9.17) is 9.47 Å². The summed E-state index contributed by atoms with van der Waals surface area (Å²) in [7, 11) is 3.56. The third-order valence-corrected chi connectivity index (χ3v) is 9.51. The summed E-state index contributed by atoms with van der Waals surface area (Å²) in [5.41, 5.74) is 0.885. The predicted octanol–water partition coefficient (Wildman–Crippen LogP) is 4.36. The first-order valence-corrected chi connectivity index (χ1v) is 14.0. The predicted molar refractivity (Wildman–Crippen MR) is 143 cm³/mol. The van der Waals surface area contributed by atoms with Gasteiger partial charge in [0.2, 0.25) is 0 Å². The number of alkyl halides is 3. The van der Waals surface area contributed by atoms with E-state index in [0.29, 0.717) is 36.6 Å². The van der Waals surface area contributed by atoms with Gasteiger partial charge in [-0.25, -0.2) is 0 Å². The highest BCUT2D eigenvalue weighted by Crippen LogP contribution is 2.50. The Morgan fingerprint density at radius 3 is 2.68 bits per heavy atom. The summed E-state index contributed by atoms with van der Waals surface area (Å²) in [5, 5.41) is 11.9. The zero-order valence-corrected chi connectivity index (χ0v) is 22.9. The second-order valence-electron chi connectivity index (χ2n) is 11.9. The summed E-state index contributed by atoms with van der Waals surface area (Å²) in [6.07, 6.45) is 0.613. The summed E-state index contributed by atoms with van der Waals surface area (Å²) in [4.78, 5) is 15.1. The third kappa shape index (κ3) is 4.36. The third-order valence-electron chi connectivity index (χ3n) is 9.51. The van der Waals surface area contributed by atoms with Crippen molar-refractivity contribution in [2.24, 2.45) is 13.0 Å². The number of hydrogen-bond donors (Lipinski definition) is 1. The molecule has 2 aliphatic heterocycles. The van der Waals surface area contributed by atoms with Crippen LogP contribution in [0.2, 0.25) is 0 Å². The minimum absolute atomic E-state index is 0.0242. The number of methoxy groups -OCH3 is 1. The van der Waals surface area contributed by atoms with Crippen LogP contribution in [0.25, 0.3) is 0 Å². The van der Waals surface area contributed by atoms with Gasteiger partial charge in [0.1, 0.15) is 12.2 Å². The molecule has 7 rings (SSSR count). The zero-order chi connectivity index (χ0) is 28.5. The summed E-state index contributed by atoms with van der Waals surface area (Å²) >= 11 is 0. The number of anilines is 1. The molecule has 1 aromatic heterocycles. The first kappa shape index (κ1) is 26.6. The number of carbonyl (C=O) groups is 1. The fourth-order valence-corrected chi connectivity index (χ4v) is 7.30. The highest BCUT2D eigenvalue weighted by Gasteiger charge is 2.51. The van der Waals surface area contributed by atoms with E-state index in [9.17, 15) is 18.0 Å². The summed E-state index contributed by atoms with van der Waals surface area (Å²) in [6.45, 7) is 0.826. The molecule has 0 spiro atoms. The average molecular weight is 568 g/mol. The molecular formula is C30H32F3N5O3. The second kappa shape index (κ2) is 9.64. The molecule has 1 amide bonds. The molecule has 216 valence electrons. The number of halogens is 3. The van der Waals surface area contributed by atoms with Crippen molar-refractivity contribution in [3.05, 3.63) is 76.4 Å². The number of nitrogens with one attached hydrogen (secondary N) is 1. The molecule has 41 heavy (non-hydrogen) atoms. The van der Waals surface area contributed by atoms with Gasteiger partial charge in [-0.15, -0.1) is 10.2 Å². The van der Waals surface area contributed by atoms with Crippen LogP contribution in [0.4, 0.5) is 18.9 Å². The van der Waals surface area contributed by atoms with E-state index in [1.165, 1.54) is 11.0 Å². The highest BCUT2D eigenvalue weighted by atomic mass is 19.4. The van der Waals surface area contributed by atoms with Crippen LogP contribution in [0.15, 0.2) is 42.7 Å². The Bertz CT molecular complexity index is 1500. The van der Waals surface area contributed by atoms with Crippen molar-refractivity contribution in [1.29, 1.82) is 0 Å². The number of amides is 1. The lowest BCUT2D eigenvalue weighted by Crippen LogP contribution is -2.48. The molecule has 3 atom stereocenters. The van der Waals surface area contributed by atoms with Crippen molar-refractivity contribution >= 4 is 11.6 Å². The van der Waals surface area contributed by atoms with Gasteiger partial charge in [-0.1, -0.05) is 12.1 Å². The van der Waals surface area contributed by atoms with E-state index in [1.54, 1.807) is 25.6 Å². The van der Waals surface area contributed by atoms with Crippen molar-refractivity contribution in [3.63, 3.8) is 0 Å². The minimum atomic E-state index is -4.57. The van der Waals surface area contributed by atoms with Gasteiger partial charge in [-0.2, -0.15) is 13.2 Å². The molecule has 8 nitrogen and oxygen atoms in total. The summed E-state index contributed by atoms with van der Waals surface area (Å²) in [6, 6.07) is 10.5. The monoisotopic (exact) mass is 567 g/mol. The standard InChI is InChI=1S/C30H32F3N5O3/c1-37-16-35-36-28(37)29(11-22(12-29)40-2)19-4-3-5-20(9-19)38-14-24-23(27(38)39)6-17(7-25(24)30(31,32)33)13-34-26-10-21-8-18(26)15-41-21/h3-7,9,16,18,21-22,26,34H,8,10-15H2,1-2H3/t18-,21?,22?,26?,29?/m0/s1. The van der Waals surface area contributed by atoms with E-state index in [2.05, 4.69) is 15.5 Å². The van der Waals surface area contributed by atoms with Crippen LogP contribution in [-0.4, -0.2) is 52.6 Å². The average Bonchev–Trinajstić information content (AvgIpc) is 3.72. The molecule has 3 fully saturated rings. The largest absolute Gasteiger partial charge is 0.416 e. The Labute approximate surface area is 235 Å². The van der Waals surface area contributed by atoms with Gasteiger partial charge in [-0.3, -0.25) is 4.79 Å². The lowest BCUT2D eigenvalue weighted by Gasteiger charge is -2.46. The van der Waals surface area contributed by atoms with E-state index < -0.39 is 23.1 Å². The number of ether oxygens (including phenoxy) is 2. The number of aryl methyl sites for hydroxylation is 1. The Morgan fingerprint density at radius 2 is 2.02 bits per heavy atom. The molecule has 4 aliphatic rings. The number of rotatable bonds is 7. The SMILES string of the molecule is COC1CC(c2cccc(N3Cc4c(cc(CNC5CC6C[C@H]5CO6)cc4C(F)(F)F)C3=O)c2)(c2nncn2C)C1. The number of fused-ring (bicyclic) bond motifs is 3. The molecule has 11 heteroatoms. The van der Waals surface area contributed by atoms with Crippen LogP contribution < -0.4 is 10.2 Å². The molecular weight excluding hydrogens is 535 g/mol. The van der Waals surface area contributed by atoms with Crippen molar-refractivity contribution < 1.29 is 27.4 Å². The first-order valence-electron chi connectivity index (χ1n) is 14.0. The van der Waals surface area contributed by atoms with Gasteiger partial charge in [0.25, 0.3) is 5.91 Å². The number of hydrogen-bond acceptors (Lipinski definition) is 6. The van der Waals surface area contributed by atoms with Crippen LogP contribution in [0, 0.1) is 5.92 Å². The highest BCUT2D eigenvalue weighted by molar-refractivity contribution is 6.10. The molecule has 0 radical (unpaired) electrons. The Balaban J connectivity index is 1.19. The number of benzene rings is 2. The molecule has 2 bridgehead atoms. The van der Waals surface area contributed by atoms with Gasteiger partial charge < -0.3 is 24.3 Å². The fraction of sp³-hybridized carbons (Fsp3) is 0.500. The maximum atomic E-state index is 14.3. The normalized spacial score (nSPS) is 28.8. The topological polar surface area (TPSA) is 81.5 Å². The van der Waals surface area contributed by atoms with E-state index >= 15 is 0 Å². The summed E-state index contributed by atoms with van der Waals surface area (Å²) in [5.74, 6) is 0.757.